The number of fused-ring (bicyclic) bond motifs is 4. The summed E-state index contributed by atoms with van der Waals surface area (Å²) in [5.41, 5.74) is 8.51. The normalized spacial score (nSPS) is 16.0. The highest BCUT2D eigenvalue weighted by molar-refractivity contribution is 5.76. The van der Waals surface area contributed by atoms with Crippen molar-refractivity contribution in [3.05, 3.63) is 77.4 Å². The van der Waals surface area contributed by atoms with Crippen LogP contribution in [0.5, 0.6) is 0 Å². The SMILES string of the molecule is c1ccc2c(c1)Cc1cc(CN3CCn4cncc4C3)ccc1-2. The topological polar surface area (TPSA) is 21.1 Å². The van der Waals surface area contributed by atoms with E-state index in [0.29, 0.717) is 0 Å². The Morgan fingerprint density at radius 1 is 0.957 bits per heavy atom. The summed E-state index contributed by atoms with van der Waals surface area (Å²) in [5.74, 6) is 0. The van der Waals surface area contributed by atoms with Crippen LogP contribution >= 0.6 is 0 Å². The largest absolute Gasteiger partial charge is 0.332 e. The first-order valence-electron chi connectivity index (χ1n) is 8.28. The lowest BCUT2D eigenvalue weighted by Gasteiger charge is -2.28. The summed E-state index contributed by atoms with van der Waals surface area (Å²) in [7, 11) is 0. The molecule has 5 rings (SSSR count). The van der Waals surface area contributed by atoms with E-state index in [1.54, 1.807) is 0 Å². The number of nitrogens with zero attached hydrogens (tertiary/aromatic N) is 3. The highest BCUT2D eigenvalue weighted by Crippen LogP contribution is 2.36. The highest BCUT2D eigenvalue weighted by atomic mass is 15.2. The monoisotopic (exact) mass is 301 g/mol. The van der Waals surface area contributed by atoms with E-state index in [4.69, 9.17) is 0 Å². The maximum Gasteiger partial charge on any atom is 0.0949 e. The van der Waals surface area contributed by atoms with Gasteiger partial charge < -0.3 is 4.57 Å². The molecule has 0 fully saturated rings. The van der Waals surface area contributed by atoms with Gasteiger partial charge in [0.15, 0.2) is 0 Å². The van der Waals surface area contributed by atoms with Gasteiger partial charge in [0.1, 0.15) is 0 Å². The van der Waals surface area contributed by atoms with Gasteiger partial charge in [0.05, 0.1) is 12.0 Å². The Morgan fingerprint density at radius 2 is 1.87 bits per heavy atom. The van der Waals surface area contributed by atoms with Gasteiger partial charge in [0, 0.05) is 32.4 Å². The molecule has 3 aromatic rings. The zero-order valence-corrected chi connectivity index (χ0v) is 13.1. The van der Waals surface area contributed by atoms with Crippen LogP contribution in [0.25, 0.3) is 11.1 Å². The molecule has 0 bridgehead atoms. The summed E-state index contributed by atoms with van der Waals surface area (Å²) in [6.07, 6.45) is 5.01. The van der Waals surface area contributed by atoms with Crippen LogP contribution in [0, 0.1) is 0 Å². The maximum absolute atomic E-state index is 4.25. The molecule has 0 saturated heterocycles. The molecule has 1 aromatic heterocycles. The van der Waals surface area contributed by atoms with Gasteiger partial charge in [-0.05, 0) is 34.2 Å². The van der Waals surface area contributed by atoms with Crippen molar-refractivity contribution in [2.75, 3.05) is 6.54 Å². The second kappa shape index (κ2) is 5.07. The molecule has 0 saturated carbocycles. The molecule has 3 heteroatoms. The standard InChI is InChI=1S/C20H19N3/c1-2-4-19-16(3-1)10-17-9-15(5-6-20(17)19)12-22-7-8-23-14-21-11-18(23)13-22/h1-6,9,11,14H,7-8,10,12-13H2. The Morgan fingerprint density at radius 3 is 2.87 bits per heavy atom. The highest BCUT2D eigenvalue weighted by Gasteiger charge is 2.20. The lowest BCUT2D eigenvalue weighted by molar-refractivity contribution is 0.213. The van der Waals surface area contributed by atoms with Crippen LogP contribution in [0.2, 0.25) is 0 Å². The molecule has 0 atom stereocenters. The van der Waals surface area contributed by atoms with Crippen LogP contribution < -0.4 is 0 Å². The fourth-order valence-electron chi connectivity index (χ4n) is 3.93. The molecule has 0 N–H and O–H groups in total. The molecule has 1 aliphatic heterocycles. The fraction of sp³-hybridized carbons (Fsp3) is 0.250. The molecule has 2 aromatic carbocycles. The van der Waals surface area contributed by atoms with E-state index in [-0.39, 0.29) is 0 Å². The number of imidazole rings is 1. The molecule has 2 heterocycles. The van der Waals surface area contributed by atoms with Crippen LogP contribution in [0.1, 0.15) is 22.4 Å². The lowest BCUT2D eigenvalue weighted by atomic mass is 10.0. The number of hydrogen-bond acceptors (Lipinski definition) is 2. The Kier molecular flexibility index (Phi) is 2.88. The minimum absolute atomic E-state index is 0.997. The third-order valence-electron chi connectivity index (χ3n) is 5.11. The molecule has 114 valence electrons. The molecule has 0 spiro atoms. The molecule has 23 heavy (non-hydrogen) atoms. The second-order valence-electron chi connectivity index (χ2n) is 6.61. The summed E-state index contributed by atoms with van der Waals surface area (Å²) < 4.78 is 2.26. The third kappa shape index (κ3) is 2.20. The van der Waals surface area contributed by atoms with Crippen molar-refractivity contribution in [1.82, 2.24) is 14.5 Å². The van der Waals surface area contributed by atoms with Gasteiger partial charge >= 0.3 is 0 Å². The predicted octanol–water partition coefficient (Wildman–Crippen LogP) is 3.47. The van der Waals surface area contributed by atoms with Crippen molar-refractivity contribution in [2.45, 2.75) is 26.1 Å². The van der Waals surface area contributed by atoms with Crippen LogP contribution in [-0.2, 0) is 26.1 Å². The fourth-order valence-corrected chi connectivity index (χ4v) is 3.93. The molecular weight excluding hydrogens is 282 g/mol. The number of rotatable bonds is 2. The first kappa shape index (κ1) is 13.1. The quantitative estimate of drug-likeness (QED) is 0.565. The molecular formula is C20H19N3. The van der Waals surface area contributed by atoms with Gasteiger partial charge in [0.2, 0.25) is 0 Å². The van der Waals surface area contributed by atoms with E-state index in [1.165, 1.54) is 33.5 Å². The van der Waals surface area contributed by atoms with Crippen molar-refractivity contribution in [3.63, 3.8) is 0 Å². The molecule has 0 unspecified atom stereocenters. The first-order chi connectivity index (χ1) is 11.4. The Bertz CT molecular complexity index is 878. The van der Waals surface area contributed by atoms with E-state index >= 15 is 0 Å². The average Bonchev–Trinajstić information content (AvgIpc) is 3.17. The predicted molar refractivity (Wildman–Crippen MR) is 91.0 cm³/mol. The van der Waals surface area contributed by atoms with Crippen molar-refractivity contribution >= 4 is 0 Å². The first-order valence-corrected chi connectivity index (χ1v) is 8.28. The zero-order chi connectivity index (χ0) is 15.2. The van der Waals surface area contributed by atoms with Crippen LogP contribution in [0.3, 0.4) is 0 Å². The van der Waals surface area contributed by atoms with Crippen LogP contribution in [0.15, 0.2) is 55.0 Å². The van der Waals surface area contributed by atoms with Gasteiger partial charge in [-0.2, -0.15) is 0 Å². The van der Waals surface area contributed by atoms with Gasteiger partial charge in [0.25, 0.3) is 0 Å². The van der Waals surface area contributed by atoms with Crippen LogP contribution in [-0.4, -0.2) is 21.0 Å². The molecule has 3 nitrogen and oxygen atoms in total. The molecule has 0 amide bonds. The van der Waals surface area contributed by atoms with Crippen molar-refractivity contribution < 1.29 is 0 Å². The van der Waals surface area contributed by atoms with E-state index in [2.05, 4.69) is 56.9 Å². The van der Waals surface area contributed by atoms with Gasteiger partial charge in [-0.1, -0.05) is 42.5 Å². The Hall–Kier alpha value is -2.39. The summed E-state index contributed by atoms with van der Waals surface area (Å²) >= 11 is 0. The number of aromatic nitrogens is 2. The molecule has 1 aliphatic carbocycles. The summed E-state index contributed by atoms with van der Waals surface area (Å²) in [6, 6.07) is 15.8. The summed E-state index contributed by atoms with van der Waals surface area (Å²) in [6.45, 7) is 4.17. The van der Waals surface area contributed by atoms with Gasteiger partial charge in [-0.25, -0.2) is 4.98 Å². The van der Waals surface area contributed by atoms with Crippen molar-refractivity contribution in [3.8, 4) is 11.1 Å². The maximum atomic E-state index is 4.25. The van der Waals surface area contributed by atoms with E-state index in [9.17, 15) is 0 Å². The van der Waals surface area contributed by atoms with Crippen LogP contribution in [0.4, 0.5) is 0 Å². The minimum atomic E-state index is 0.997. The number of benzene rings is 2. The summed E-state index contributed by atoms with van der Waals surface area (Å²) in [5, 5.41) is 0. The average molecular weight is 301 g/mol. The minimum Gasteiger partial charge on any atom is -0.332 e. The Labute approximate surface area is 136 Å². The molecule has 2 aliphatic rings. The Balaban J connectivity index is 1.38. The van der Waals surface area contributed by atoms with Crippen molar-refractivity contribution in [2.24, 2.45) is 0 Å². The lowest BCUT2D eigenvalue weighted by Crippen LogP contribution is -2.32. The summed E-state index contributed by atoms with van der Waals surface area (Å²) in [4.78, 5) is 6.77. The second-order valence-corrected chi connectivity index (χ2v) is 6.61. The zero-order valence-electron chi connectivity index (χ0n) is 13.1. The van der Waals surface area contributed by atoms with Crippen molar-refractivity contribution in [1.29, 1.82) is 0 Å². The van der Waals surface area contributed by atoms with E-state index in [0.717, 1.165) is 32.6 Å². The van der Waals surface area contributed by atoms with Gasteiger partial charge in [-0.3, -0.25) is 4.90 Å². The third-order valence-corrected chi connectivity index (χ3v) is 5.11. The van der Waals surface area contributed by atoms with E-state index in [1.807, 2.05) is 12.5 Å². The van der Waals surface area contributed by atoms with E-state index < -0.39 is 0 Å². The molecule has 0 radical (unpaired) electrons. The number of hydrogen-bond donors (Lipinski definition) is 0. The smallest absolute Gasteiger partial charge is 0.0949 e. The van der Waals surface area contributed by atoms with Gasteiger partial charge in [-0.15, -0.1) is 0 Å².